The third-order valence-corrected chi connectivity index (χ3v) is 5.53. The number of aromatic nitrogens is 3. The predicted octanol–water partition coefficient (Wildman–Crippen LogP) is 1.82. The molecule has 2 aromatic carbocycles. The molecule has 0 aliphatic heterocycles. The van der Waals surface area contributed by atoms with Crippen LogP contribution in [0.15, 0.2) is 41.2 Å². The minimum absolute atomic E-state index is 0.204. The number of carbonyl (C=O) groups excluding carboxylic acids is 1. The standard InChI is InChI=1S/C24H28N6O4/c1-14-7-5-6-8-17(14)30-23(25)21-22(28-30)20-16(27-24(21)32)11-15(33-4)12-18(20)34-13-19(31)26-9-10-29(2)3/h5-8,11-12H,9-10,13,25H2,1-4H3,(H,26,31)(H,27,32). The Morgan fingerprint density at radius 3 is 2.71 bits per heavy atom. The molecule has 10 heteroatoms. The summed E-state index contributed by atoms with van der Waals surface area (Å²) < 4.78 is 12.8. The maximum atomic E-state index is 13.0. The summed E-state index contributed by atoms with van der Waals surface area (Å²) in [5, 5.41) is 8.29. The first kappa shape index (κ1) is 23.1. The fourth-order valence-corrected chi connectivity index (χ4v) is 3.78. The molecular formula is C24H28N6O4. The van der Waals surface area contributed by atoms with Gasteiger partial charge in [-0.2, -0.15) is 5.10 Å². The highest BCUT2D eigenvalue weighted by molar-refractivity contribution is 6.10. The molecule has 4 aromatic rings. The lowest BCUT2D eigenvalue weighted by Gasteiger charge is -2.13. The Morgan fingerprint density at radius 2 is 2.00 bits per heavy atom. The molecule has 0 unspecified atom stereocenters. The zero-order chi connectivity index (χ0) is 24.4. The molecule has 4 rings (SSSR count). The number of amides is 1. The van der Waals surface area contributed by atoms with Gasteiger partial charge in [0.1, 0.15) is 28.2 Å². The van der Waals surface area contributed by atoms with Gasteiger partial charge in [0.15, 0.2) is 6.61 Å². The molecule has 10 nitrogen and oxygen atoms in total. The highest BCUT2D eigenvalue weighted by Crippen LogP contribution is 2.36. The number of aromatic amines is 1. The van der Waals surface area contributed by atoms with Crippen molar-refractivity contribution in [3.63, 3.8) is 0 Å². The zero-order valence-corrected chi connectivity index (χ0v) is 19.6. The molecule has 0 radical (unpaired) electrons. The van der Waals surface area contributed by atoms with Gasteiger partial charge in [0, 0.05) is 25.2 Å². The number of nitrogens with zero attached hydrogens (tertiary/aromatic N) is 3. The van der Waals surface area contributed by atoms with E-state index in [-0.39, 0.29) is 29.3 Å². The van der Waals surface area contributed by atoms with Crippen molar-refractivity contribution in [2.75, 3.05) is 46.6 Å². The molecule has 2 heterocycles. The van der Waals surface area contributed by atoms with E-state index in [1.165, 1.54) is 7.11 Å². The molecule has 34 heavy (non-hydrogen) atoms. The normalized spacial score (nSPS) is 11.3. The topological polar surface area (TPSA) is 127 Å². The lowest BCUT2D eigenvalue weighted by molar-refractivity contribution is -0.123. The van der Waals surface area contributed by atoms with Crippen LogP contribution in [-0.2, 0) is 4.79 Å². The number of likely N-dealkylation sites (N-methyl/N-ethyl adjacent to an activating group) is 1. The number of para-hydroxylation sites is 1. The van der Waals surface area contributed by atoms with Crippen molar-refractivity contribution >= 4 is 33.5 Å². The highest BCUT2D eigenvalue weighted by atomic mass is 16.5. The number of pyridine rings is 1. The van der Waals surface area contributed by atoms with E-state index in [1.54, 1.807) is 16.8 Å². The van der Waals surface area contributed by atoms with Crippen LogP contribution in [0.5, 0.6) is 11.5 Å². The van der Waals surface area contributed by atoms with E-state index in [9.17, 15) is 9.59 Å². The maximum absolute atomic E-state index is 13.0. The van der Waals surface area contributed by atoms with Gasteiger partial charge in [0.05, 0.1) is 23.7 Å². The maximum Gasteiger partial charge on any atom is 0.261 e. The second-order valence-electron chi connectivity index (χ2n) is 8.25. The van der Waals surface area contributed by atoms with Crippen LogP contribution in [0.2, 0.25) is 0 Å². The fraction of sp³-hybridized carbons (Fsp3) is 0.292. The lowest BCUT2D eigenvalue weighted by atomic mass is 10.1. The van der Waals surface area contributed by atoms with Crippen LogP contribution in [-0.4, -0.2) is 66.5 Å². The quantitative estimate of drug-likeness (QED) is 0.363. The number of benzene rings is 2. The number of anilines is 1. The van der Waals surface area contributed by atoms with Gasteiger partial charge in [0.2, 0.25) is 0 Å². The number of nitrogens with two attached hydrogens (primary N) is 1. The predicted molar refractivity (Wildman–Crippen MR) is 132 cm³/mol. The monoisotopic (exact) mass is 464 g/mol. The molecule has 0 saturated heterocycles. The van der Waals surface area contributed by atoms with Crippen LogP contribution in [0.3, 0.4) is 0 Å². The Labute approximate surface area is 196 Å². The van der Waals surface area contributed by atoms with Gasteiger partial charge in [-0.15, -0.1) is 0 Å². The molecule has 0 atom stereocenters. The second-order valence-corrected chi connectivity index (χ2v) is 8.25. The number of ether oxygens (including phenoxy) is 2. The summed E-state index contributed by atoms with van der Waals surface area (Å²) in [5.41, 5.74) is 8.58. The SMILES string of the molecule is COc1cc(OCC(=O)NCCN(C)C)c2c(c1)[nH]c(=O)c1c(N)n(-c3ccccc3C)nc12. The minimum Gasteiger partial charge on any atom is -0.497 e. The molecule has 1 amide bonds. The summed E-state index contributed by atoms with van der Waals surface area (Å²) in [5.74, 6) is 0.781. The average Bonchev–Trinajstić information content (AvgIpc) is 3.14. The van der Waals surface area contributed by atoms with Gasteiger partial charge >= 0.3 is 0 Å². The van der Waals surface area contributed by atoms with Crippen molar-refractivity contribution < 1.29 is 14.3 Å². The van der Waals surface area contributed by atoms with Gasteiger partial charge in [-0.3, -0.25) is 9.59 Å². The van der Waals surface area contributed by atoms with Crippen LogP contribution >= 0.6 is 0 Å². The molecule has 0 aliphatic carbocycles. The molecule has 0 aliphatic rings. The van der Waals surface area contributed by atoms with E-state index in [2.05, 4.69) is 15.4 Å². The molecule has 0 saturated carbocycles. The van der Waals surface area contributed by atoms with Crippen molar-refractivity contribution in [2.45, 2.75) is 6.92 Å². The van der Waals surface area contributed by atoms with Crippen molar-refractivity contribution in [1.29, 1.82) is 0 Å². The number of rotatable bonds is 8. The summed E-state index contributed by atoms with van der Waals surface area (Å²) in [6.07, 6.45) is 0. The average molecular weight is 465 g/mol. The van der Waals surface area contributed by atoms with Crippen molar-refractivity contribution in [2.24, 2.45) is 0 Å². The summed E-state index contributed by atoms with van der Waals surface area (Å²) in [6, 6.07) is 11.0. The summed E-state index contributed by atoms with van der Waals surface area (Å²) >= 11 is 0. The first-order valence-corrected chi connectivity index (χ1v) is 10.8. The number of carbonyl (C=O) groups is 1. The third kappa shape index (κ3) is 4.40. The van der Waals surface area contributed by atoms with E-state index in [0.717, 1.165) is 11.3 Å². The van der Waals surface area contributed by atoms with E-state index >= 15 is 0 Å². The Hall–Kier alpha value is -4.05. The molecule has 4 N–H and O–H groups in total. The highest BCUT2D eigenvalue weighted by Gasteiger charge is 2.21. The Kier molecular flexibility index (Phi) is 6.42. The van der Waals surface area contributed by atoms with E-state index in [4.69, 9.17) is 15.2 Å². The molecule has 2 aromatic heterocycles. The van der Waals surface area contributed by atoms with E-state index < -0.39 is 0 Å². The van der Waals surface area contributed by atoms with Gasteiger partial charge in [-0.05, 0) is 32.6 Å². The zero-order valence-electron chi connectivity index (χ0n) is 19.6. The van der Waals surface area contributed by atoms with E-state index in [1.807, 2.05) is 50.2 Å². The number of nitrogens with one attached hydrogen (secondary N) is 2. The van der Waals surface area contributed by atoms with Gasteiger partial charge in [-0.25, -0.2) is 4.68 Å². The van der Waals surface area contributed by atoms with Crippen molar-refractivity contribution in [1.82, 2.24) is 25.0 Å². The lowest BCUT2D eigenvalue weighted by Crippen LogP contribution is -2.34. The molecule has 0 bridgehead atoms. The second kappa shape index (κ2) is 9.44. The van der Waals surface area contributed by atoms with Gasteiger partial charge in [0.25, 0.3) is 11.5 Å². The number of hydrogen-bond donors (Lipinski definition) is 3. The van der Waals surface area contributed by atoms with Crippen LogP contribution in [0.1, 0.15) is 5.56 Å². The molecule has 0 fully saturated rings. The number of fused-ring (bicyclic) bond motifs is 3. The smallest absolute Gasteiger partial charge is 0.261 e. The summed E-state index contributed by atoms with van der Waals surface area (Å²) in [4.78, 5) is 30.1. The fourth-order valence-electron chi connectivity index (χ4n) is 3.78. The van der Waals surface area contributed by atoms with Crippen LogP contribution in [0, 0.1) is 6.92 Å². The molecular weight excluding hydrogens is 436 g/mol. The third-order valence-electron chi connectivity index (χ3n) is 5.53. The first-order chi connectivity index (χ1) is 16.3. The Balaban J connectivity index is 1.82. The first-order valence-electron chi connectivity index (χ1n) is 10.8. The van der Waals surface area contributed by atoms with E-state index in [0.29, 0.717) is 41.0 Å². The Morgan fingerprint density at radius 1 is 1.24 bits per heavy atom. The summed E-state index contributed by atoms with van der Waals surface area (Å²) in [6.45, 7) is 2.95. The summed E-state index contributed by atoms with van der Waals surface area (Å²) in [7, 11) is 5.37. The molecule has 0 spiro atoms. The number of aryl methyl sites for hydroxylation is 1. The van der Waals surface area contributed by atoms with Crippen LogP contribution in [0.4, 0.5) is 5.82 Å². The van der Waals surface area contributed by atoms with Gasteiger partial charge < -0.3 is 30.4 Å². The number of methoxy groups -OCH3 is 1. The van der Waals surface area contributed by atoms with Crippen LogP contribution < -0.4 is 26.1 Å². The van der Waals surface area contributed by atoms with Crippen molar-refractivity contribution in [3.8, 4) is 17.2 Å². The Bertz CT molecular complexity index is 1420. The number of hydrogen-bond acceptors (Lipinski definition) is 7. The number of nitrogen functional groups attached to an aromatic ring is 1. The largest absolute Gasteiger partial charge is 0.497 e. The minimum atomic E-state index is -0.375. The molecule has 178 valence electrons. The van der Waals surface area contributed by atoms with Crippen molar-refractivity contribution in [3.05, 3.63) is 52.3 Å². The van der Waals surface area contributed by atoms with Crippen LogP contribution in [0.25, 0.3) is 27.5 Å². The van der Waals surface area contributed by atoms with Gasteiger partial charge in [-0.1, -0.05) is 18.2 Å². The number of H-pyrrole nitrogens is 1.